The van der Waals surface area contributed by atoms with Crippen LogP contribution >= 0.6 is 0 Å². The molecule has 0 N–H and O–H groups in total. The fourth-order valence-corrected chi connectivity index (χ4v) is 4.24. The molecular weight excluding hydrogens is 356 g/mol. The van der Waals surface area contributed by atoms with E-state index in [1.807, 2.05) is 30.3 Å². The third-order valence-corrected chi connectivity index (χ3v) is 5.50. The molecule has 2 aromatic carbocycles. The zero-order valence-electron chi connectivity index (χ0n) is 16.4. The molecule has 2 aromatic rings. The molecule has 2 atom stereocenters. The lowest BCUT2D eigenvalue weighted by atomic mass is 9.67. The second-order valence-electron chi connectivity index (χ2n) is 7.42. The van der Waals surface area contributed by atoms with Gasteiger partial charge in [-0.05, 0) is 56.0 Å². The lowest BCUT2D eigenvalue weighted by Crippen LogP contribution is -2.39. The molecule has 0 bridgehead atoms. The number of carbonyl (C=O) groups excluding carboxylic acids is 3. The highest BCUT2D eigenvalue weighted by Gasteiger charge is 2.44. The molecule has 28 heavy (non-hydrogen) atoms. The maximum atomic E-state index is 13.0. The van der Waals surface area contributed by atoms with E-state index in [-0.39, 0.29) is 29.7 Å². The number of hydrogen-bond donors (Lipinski definition) is 0. The average molecular weight is 380 g/mol. The molecule has 5 heteroatoms. The van der Waals surface area contributed by atoms with Crippen molar-refractivity contribution in [1.29, 1.82) is 0 Å². The monoisotopic (exact) mass is 380 g/mol. The summed E-state index contributed by atoms with van der Waals surface area (Å²) < 4.78 is 0. The van der Waals surface area contributed by atoms with Crippen molar-refractivity contribution in [3.05, 3.63) is 65.2 Å². The molecule has 3 rings (SSSR count). The van der Waals surface area contributed by atoms with Gasteiger partial charge in [0.05, 0.1) is 12.5 Å². The van der Waals surface area contributed by atoms with Crippen LogP contribution in [0.3, 0.4) is 0 Å². The Morgan fingerprint density at radius 1 is 1.11 bits per heavy atom. The molecule has 0 spiro atoms. The van der Waals surface area contributed by atoms with Crippen LogP contribution in [0.15, 0.2) is 48.5 Å². The Balaban J connectivity index is 1.96. The van der Waals surface area contributed by atoms with Crippen molar-refractivity contribution in [3.63, 3.8) is 0 Å². The third kappa shape index (κ3) is 3.76. The highest BCUT2D eigenvalue weighted by molar-refractivity contribution is 6.03. The molecular formula is C23H24O5. The molecule has 1 aliphatic carbocycles. The van der Waals surface area contributed by atoms with Crippen LogP contribution in [-0.4, -0.2) is 24.5 Å². The number of rotatable bonds is 8. The molecule has 2 unspecified atom stereocenters. The first-order valence-corrected chi connectivity index (χ1v) is 9.31. The van der Waals surface area contributed by atoms with Crippen LogP contribution < -0.4 is 4.89 Å². The molecule has 5 nitrogen and oxygen atoms in total. The van der Waals surface area contributed by atoms with Gasteiger partial charge in [-0.1, -0.05) is 30.3 Å². The normalized spacial score (nSPS) is 17.7. The van der Waals surface area contributed by atoms with Gasteiger partial charge in [-0.25, -0.2) is 0 Å². The molecule has 146 valence electrons. The average Bonchev–Trinajstić information content (AvgIpc) is 2.96. The molecule has 0 saturated heterocycles. The van der Waals surface area contributed by atoms with Gasteiger partial charge in [0.25, 0.3) is 0 Å². The Kier molecular flexibility index (Phi) is 5.75. The summed E-state index contributed by atoms with van der Waals surface area (Å²) in [4.78, 5) is 47.6. The molecule has 0 heterocycles. The fourth-order valence-electron chi connectivity index (χ4n) is 4.24. The highest BCUT2D eigenvalue weighted by Crippen LogP contribution is 2.41. The van der Waals surface area contributed by atoms with E-state index in [0.29, 0.717) is 24.2 Å². The van der Waals surface area contributed by atoms with E-state index in [1.165, 1.54) is 21.0 Å². The summed E-state index contributed by atoms with van der Waals surface area (Å²) in [6.07, 6.45) is 0.902. The van der Waals surface area contributed by atoms with Gasteiger partial charge in [0.2, 0.25) is 0 Å². The first-order chi connectivity index (χ1) is 13.4. The van der Waals surface area contributed by atoms with Gasteiger partial charge in [-0.2, -0.15) is 4.89 Å². The van der Waals surface area contributed by atoms with Gasteiger partial charge in [0.15, 0.2) is 11.5 Å². The fraction of sp³-hybridized carbons (Fsp3) is 0.348. The van der Waals surface area contributed by atoms with E-state index >= 15 is 0 Å². The van der Waals surface area contributed by atoms with Gasteiger partial charge in [-0.15, -0.1) is 0 Å². The zero-order valence-corrected chi connectivity index (χ0v) is 16.4. The minimum Gasteiger partial charge on any atom is -0.338 e. The summed E-state index contributed by atoms with van der Waals surface area (Å²) >= 11 is 0. The van der Waals surface area contributed by atoms with Crippen LogP contribution in [0.25, 0.3) is 0 Å². The Morgan fingerprint density at radius 3 is 2.43 bits per heavy atom. The summed E-state index contributed by atoms with van der Waals surface area (Å²) in [5.74, 6) is -0.00138. The molecule has 1 aliphatic rings. The Bertz CT molecular complexity index is 902. The second-order valence-corrected chi connectivity index (χ2v) is 7.42. The summed E-state index contributed by atoms with van der Waals surface area (Å²) in [5.41, 5.74) is 1.30. The van der Waals surface area contributed by atoms with Crippen molar-refractivity contribution in [2.75, 3.05) is 7.11 Å². The topological polar surface area (TPSA) is 69.7 Å². The van der Waals surface area contributed by atoms with Crippen LogP contribution in [0.2, 0.25) is 0 Å². The first-order valence-electron chi connectivity index (χ1n) is 9.31. The number of benzene rings is 2. The van der Waals surface area contributed by atoms with Crippen LogP contribution in [0.5, 0.6) is 5.75 Å². The summed E-state index contributed by atoms with van der Waals surface area (Å²) in [6, 6.07) is 14.5. The number of hydrogen-bond acceptors (Lipinski definition) is 5. The van der Waals surface area contributed by atoms with Crippen LogP contribution in [0, 0.1) is 5.92 Å². The molecule has 0 fully saturated rings. The van der Waals surface area contributed by atoms with E-state index in [1.54, 1.807) is 18.2 Å². The quantitative estimate of drug-likeness (QED) is 0.513. The molecule has 0 aromatic heterocycles. The maximum Gasteiger partial charge on any atom is 0.166 e. The van der Waals surface area contributed by atoms with Crippen molar-refractivity contribution < 1.29 is 24.2 Å². The SMILES string of the molecule is COOc1ccc2c(c1)CC(CC(CC(C)=O)(C(C)=O)c1ccccc1)C2=O. The van der Waals surface area contributed by atoms with Gasteiger partial charge >= 0.3 is 0 Å². The maximum absolute atomic E-state index is 13.0. The van der Waals surface area contributed by atoms with Crippen LogP contribution in [-0.2, 0) is 26.3 Å². The van der Waals surface area contributed by atoms with Crippen LogP contribution in [0.1, 0.15) is 48.2 Å². The lowest BCUT2D eigenvalue weighted by molar-refractivity contribution is -0.178. The van der Waals surface area contributed by atoms with Crippen molar-refractivity contribution in [2.45, 2.75) is 38.5 Å². The Hall–Kier alpha value is -2.79. The van der Waals surface area contributed by atoms with Gasteiger partial charge in [-0.3, -0.25) is 14.4 Å². The van der Waals surface area contributed by atoms with E-state index in [2.05, 4.69) is 4.89 Å². The number of carbonyl (C=O) groups is 3. The van der Waals surface area contributed by atoms with Crippen molar-refractivity contribution >= 4 is 17.3 Å². The summed E-state index contributed by atoms with van der Waals surface area (Å²) in [5, 5.41) is 0. The van der Waals surface area contributed by atoms with E-state index in [9.17, 15) is 14.4 Å². The number of ketones is 3. The molecule has 0 aliphatic heterocycles. The van der Waals surface area contributed by atoms with Crippen LogP contribution in [0.4, 0.5) is 0 Å². The zero-order chi connectivity index (χ0) is 20.3. The lowest BCUT2D eigenvalue weighted by Gasteiger charge is -2.33. The largest absolute Gasteiger partial charge is 0.338 e. The van der Waals surface area contributed by atoms with E-state index < -0.39 is 5.41 Å². The van der Waals surface area contributed by atoms with Crippen molar-refractivity contribution in [2.24, 2.45) is 5.92 Å². The third-order valence-electron chi connectivity index (χ3n) is 5.50. The van der Waals surface area contributed by atoms with Crippen molar-refractivity contribution in [3.8, 4) is 5.75 Å². The van der Waals surface area contributed by atoms with Gasteiger partial charge in [0, 0.05) is 17.9 Å². The van der Waals surface area contributed by atoms with E-state index in [4.69, 9.17) is 4.89 Å². The van der Waals surface area contributed by atoms with E-state index in [0.717, 1.165) is 11.1 Å². The molecule has 0 amide bonds. The smallest absolute Gasteiger partial charge is 0.166 e. The van der Waals surface area contributed by atoms with Gasteiger partial charge < -0.3 is 4.89 Å². The Morgan fingerprint density at radius 2 is 1.82 bits per heavy atom. The van der Waals surface area contributed by atoms with Crippen molar-refractivity contribution in [1.82, 2.24) is 0 Å². The standard InChI is InChI=1S/C23H24O5/c1-15(24)13-23(16(2)25,19-7-5-4-6-8-19)14-18-11-17-12-20(28-27-3)9-10-21(17)22(18)26/h4-10,12,18H,11,13-14H2,1-3H3. The predicted octanol–water partition coefficient (Wildman–Crippen LogP) is 3.88. The minimum absolute atomic E-state index is 0.00377. The molecule has 0 saturated carbocycles. The Labute approximate surface area is 164 Å². The van der Waals surface area contributed by atoms with Gasteiger partial charge in [0.1, 0.15) is 11.6 Å². The first kappa shape index (κ1) is 20.0. The minimum atomic E-state index is -0.999. The highest BCUT2D eigenvalue weighted by atomic mass is 17.2. The second kappa shape index (κ2) is 8.07. The number of fused-ring (bicyclic) bond motifs is 1. The predicted molar refractivity (Wildman–Crippen MR) is 104 cm³/mol. The summed E-state index contributed by atoms with van der Waals surface area (Å²) in [7, 11) is 1.42. The number of Topliss-reactive ketones (excluding diaryl/α,β-unsaturated/α-hetero) is 3. The summed E-state index contributed by atoms with van der Waals surface area (Å²) in [6.45, 7) is 2.99. The molecule has 0 radical (unpaired) electrons.